The van der Waals surface area contributed by atoms with Crippen molar-refractivity contribution < 1.29 is 9.52 Å². The first-order valence-electron chi connectivity index (χ1n) is 11.4. The summed E-state index contributed by atoms with van der Waals surface area (Å²) in [5.74, 6) is 2.85. The highest BCUT2D eigenvalue weighted by Gasteiger charge is 2.12. The number of guanidine groups is 1. The third kappa shape index (κ3) is 10.8. The largest absolute Gasteiger partial charge is 0.468 e. The van der Waals surface area contributed by atoms with Crippen LogP contribution in [0.5, 0.6) is 0 Å². The molecule has 0 aliphatic carbocycles. The van der Waals surface area contributed by atoms with Crippen LogP contribution in [0.4, 0.5) is 0 Å². The minimum absolute atomic E-state index is 0. The summed E-state index contributed by atoms with van der Waals surface area (Å²) in [6.07, 6.45) is 3.63. The molecule has 0 amide bonds. The summed E-state index contributed by atoms with van der Waals surface area (Å²) in [4.78, 5) is 7.08. The molecule has 1 aromatic carbocycles. The highest BCUT2D eigenvalue weighted by atomic mass is 127. The lowest BCUT2D eigenvalue weighted by Crippen LogP contribution is -2.40. The van der Waals surface area contributed by atoms with Gasteiger partial charge in [-0.2, -0.15) is 0 Å². The zero-order valence-corrected chi connectivity index (χ0v) is 22.3. The molecule has 0 fully saturated rings. The molecule has 0 saturated carbocycles. The maximum absolute atomic E-state index is 9.37. The SMILES string of the molecule is CCNC(=NCc1ccccc1CN(C)Cc1ccco1)NCC(CCO)CC(C)C.I. The standard InChI is InChI=1S/C25H40N4O2.HI/c1-5-26-25(27-16-21(12-13-30)15-20(2)3)28-17-22-9-6-7-10-23(22)18-29(4)19-24-11-8-14-31-24;/h6-11,14,20-21,30H,5,12-13,15-19H2,1-4H3,(H2,26,27,28);1H. The zero-order chi connectivity index (χ0) is 22.5. The molecule has 0 spiro atoms. The molecule has 0 aliphatic rings. The summed E-state index contributed by atoms with van der Waals surface area (Å²) in [6, 6.07) is 12.4. The third-order valence-electron chi connectivity index (χ3n) is 5.22. The van der Waals surface area contributed by atoms with Gasteiger partial charge >= 0.3 is 0 Å². The van der Waals surface area contributed by atoms with Crippen LogP contribution < -0.4 is 10.6 Å². The average Bonchev–Trinajstić information content (AvgIpc) is 3.23. The Kier molecular flexibility index (Phi) is 14.3. The number of furan rings is 1. The number of nitrogens with one attached hydrogen (secondary N) is 2. The molecule has 1 aromatic heterocycles. The van der Waals surface area contributed by atoms with Crippen LogP contribution in [0.1, 0.15) is 50.5 Å². The molecule has 1 unspecified atom stereocenters. The maximum atomic E-state index is 9.37. The van der Waals surface area contributed by atoms with Gasteiger partial charge in [-0.05, 0) is 61.9 Å². The Morgan fingerprint density at radius 3 is 2.47 bits per heavy atom. The minimum atomic E-state index is 0. The molecule has 0 aliphatic heterocycles. The lowest BCUT2D eigenvalue weighted by molar-refractivity contribution is 0.243. The quantitative estimate of drug-likeness (QED) is 0.191. The van der Waals surface area contributed by atoms with Gasteiger partial charge in [0, 0.05) is 26.2 Å². The van der Waals surface area contributed by atoms with Crippen LogP contribution in [-0.4, -0.2) is 42.7 Å². The number of hydrogen-bond donors (Lipinski definition) is 3. The van der Waals surface area contributed by atoms with E-state index in [-0.39, 0.29) is 30.6 Å². The monoisotopic (exact) mass is 556 g/mol. The number of aliphatic hydroxyl groups excluding tert-OH is 1. The van der Waals surface area contributed by atoms with Crippen LogP contribution in [0.3, 0.4) is 0 Å². The van der Waals surface area contributed by atoms with Crippen molar-refractivity contribution in [1.29, 1.82) is 0 Å². The highest BCUT2D eigenvalue weighted by Crippen LogP contribution is 2.16. The number of nitrogens with zero attached hydrogens (tertiary/aromatic N) is 2. The van der Waals surface area contributed by atoms with E-state index in [1.165, 1.54) is 11.1 Å². The average molecular weight is 557 g/mol. The summed E-state index contributed by atoms with van der Waals surface area (Å²) in [6.45, 7) is 10.6. The molecular formula is C25H41IN4O2. The van der Waals surface area contributed by atoms with Gasteiger partial charge in [0.15, 0.2) is 5.96 Å². The Labute approximate surface area is 210 Å². The number of aliphatic imine (C=N–C) groups is 1. The second-order valence-corrected chi connectivity index (χ2v) is 8.60. The molecule has 1 heterocycles. The molecule has 0 bridgehead atoms. The Bertz CT molecular complexity index is 765. The Hall–Kier alpha value is -1.58. The van der Waals surface area contributed by atoms with Crippen molar-refractivity contribution in [2.75, 3.05) is 26.7 Å². The molecule has 0 radical (unpaired) electrons. The molecule has 0 saturated heterocycles. The van der Waals surface area contributed by atoms with E-state index in [1.807, 2.05) is 12.1 Å². The summed E-state index contributed by atoms with van der Waals surface area (Å²) in [5, 5.41) is 16.2. The predicted molar refractivity (Wildman–Crippen MR) is 143 cm³/mol. The van der Waals surface area contributed by atoms with Crippen LogP contribution in [0.25, 0.3) is 0 Å². The summed E-state index contributed by atoms with van der Waals surface area (Å²) in [7, 11) is 2.10. The second-order valence-electron chi connectivity index (χ2n) is 8.60. The zero-order valence-electron chi connectivity index (χ0n) is 20.0. The van der Waals surface area contributed by atoms with Crippen molar-refractivity contribution in [3.8, 4) is 0 Å². The number of aliphatic hydroxyl groups is 1. The van der Waals surface area contributed by atoms with E-state index in [4.69, 9.17) is 9.41 Å². The molecule has 2 rings (SSSR count). The lowest BCUT2D eigenvalue weighted by Gasteiger charge is -2.21. The maximum Gasteiger partial charge on any atom is 0.191 e. The van der Waals surface area contributed by atoms with Crippen molar-refractivity contribution in [3.05, 3.63) is 59.5 Å². The van der Waals surface area contributed by atoms with Crippen molar-refractivity contribution in [2.24, 2.45) is 16.8 Å². The van der Waals surface area contributed by atoms with E-state index in [1.54, 1.807) is 6.26 Å². The van der Waals surface area contributed by atoms with E-state index in [2.05, 4.69) is 67.6 Å². The molecule has 1 atom stereocenters. The summed E-state index contributed by atoms with van der Waals surface area (Å²) >= 11 is 0. The van der Waals surface area contributed by atoms with Gasteiger partial charge in [0.1, 0.15) is 5.76 Å². The van der Waals surface area contributed by atoms with Gasteiger partial charge < -0.3 is 20.2 Å². The Balaban J connectivity index is 0.00000512. The fraction of sp³-hybridized carbons (Fsp3) is 0.560. The van der Waals surface area contributed by atoms with Gasteiger partial charge in [0.2, 0.25) is 0 Å². The van der Waals surface area contributed by atoms with E-state index in [0.29, 0.717) is 18.4 Å². The lowest BCUT2D eigenvalue weighted by atomic mass is 9.94. The van der Waals surface area contributed by atoms with Gasteiger partial charge in [-0.3, -0.25) is 4.90 Å². The first-order chi connectivity index (χ1) is 15.0. The summed E-state index contributed by atoms with van der Waals surface area (Å²) < 4.78 is 5.47. The van der Waals surface area contributed by atoms with Crippen LogP contribution in [-0.2, 0) is 19.6 Å². The molecule has 6 nitrogen and oxygen atoms in total. The fourth-order valence-electron chi connectivity index (χ4n) is 3.78. The number of benzene rings is 1. The first-order valence-corrected chi connectivity index (χ1v) is 11.4. The van der Waals surface area contributed by atoms with Gasteiger partial charge in [-0.25, -0.2) is 4.99 Å². The van der Waals surface area contributed by atoms with Crippen molar-refractivity contribution in [3.63, 3.8) is 0 Å². The highest BCUT2D eigenvalue weighted by molar-refractivity contribution is 14.0. The number of rotatable bonds is 13. The van der Waals surface area contributed by atoms with Crippen molar-refractivity contribution in [2.45, 2.75) is 53.2 Å². The van der Waals surface area contributed by atoms with Gasteiger partial charge in [0.05, 0.1) is 19.4 Å². The van der Waals surface area contributed by atoms with E-state index in [0.717, 1.165) is 50.7 Å². The van der Waals surface area contributed by atoms with Crippen LogP contribution in [0.15, 0.2) is 52.1 Å². The smallest absolute Gasteiger partial charge is 0.191 e. The van der Waals surface area contributed by atoms with Crippen LogP contribution in [0.2, 0.25) is 0 Å². The fourth-order valence-corrected chi connectivity index (χ4v) is 3.78. The van der Waals surface area contributed by atoms with Crippen molar-refractivity contribution >= 4 is 29.9 Å². The second kappa shape index (κ2) is 16.1. The Morgan fingerprint density at radius 1 is 1.09 bits per heavy atom. The molecule has 32 heavy (non-hydrogen) atoms. The van der Waals surface area contributed by atoms with Gasteiger partial charge in [-0.1, -0.05) is 38.1 Å². The van der Waals surface area contributed by atoms with Crippen LogP contribution in [0, 0.1) is 11.8 Å². The van der Waals surface area contributed by atoms with E-state index >= 15 is 0 Å². The normalized spacial score (nSPS) is 12.7. The third-order valence-corrected chi connectivity index (χ3v) is 5.22. The molecular weight excluding hydrogens is 515 g/mol. The molecule has 180 valence electrons. The van der Waals surface area contributed by atoms with Crippen molar-refractivity contribution in [1.82, 2.24) is 15.5 Å². The van der Waals surface area contributed by atoms with Gasteiger partial charge in [-0.15, -0.1) is 24.0 Å². The predicted octanol–water partition coefficient (Wildman–Crippen LogP) is 4.63. The summed E-state index contributed by atoms with van der Waals surface area (Å²) in [5.41, 5.74) is 2.49. The molecule has 7 heteroatoms. The topological polar surface area (TPSA) is 73.0 Å². The molecule has 2 aromatic rings. The minimum Gasteiger partial charge on any atom is -0.468 e. The number of halogens is 1. The van der Waals surface area contributed by atoms with E-state index in [9.17, 15) is 5.11 Å². The van der Waals surface area contributed by atoms with E-state index < -0.39 is 0 Å². The first kappa shape index (κ1) is 28.5. The van der Waals surface area contributed by atoms with Gasteiger partial charge in [0.25, 0.3) is 0 Å². The Morgan fingerprint density at radius 2 is 1.84 bits per heavy atom. The number of hydrogen-bond acceptors (Lipinski definition) is 4. The van der Waals surface area contributed by atoms with Crippen LogP contribution >= 0.6 is 24.0 Å². The molecule has 3 N–H and O–H groups in total.